The van der Waals surface area contributed by atoms with E-state index in [1.165, 1.54) is 4.90 Å². The zero-order chi connectivity index (χ0) is 12.8. The lowest BCUT2D eigenvalue weighted by atomic mass is 10.1. The van der Waals surface area contributed by atoms with E-state index in [1.807, 2.05) is 6.07 Å². The van der Waals surface area contributed by atoms with Crippen LogP contribution in [0.5, 0.6) is 0 Å². The molecule has 5 nitrogen and oxygen atoms in total. The molecule has 0 radical (unpaired) electrons. The predicted molar refractivity (Wildman–Crippen MR) is 67.4 cm³/mol. The summed E-state index contributed by atoms with van der Waals surface area (Å²) in [6.45, 7) is 0.496. The number of hydrogen-bond acceptors (Lipinski definition) is 4. The Morgan fingerprint density at radius 3 is 2.82 bits per heavy atom. The van der Waals surface area contributed by atoms with Crippen molar-refractivity contribution >= 4 is 17.3 Å². The number of anilines is 2. The number of rotatable bonds is 4. The Hall–Kier alpha value is -2.22. The maximum Gasteiger partial charge on any atom is 0.223 e. The van der Waals surface area contributed by atoms with Gasteiger partial charge in [-0.05, 0) is 12.1 Å². The topological polar surface area (TPSA) is 82.2 Å². The minimum absolute atomic E-state index is 0.0486. The van der Waals surface area contributed by atoms with Gasteiger partial charge in [0, 0.05) is 27.1 Å². The Labute approximate surface area is 101 Å². The summed E-state index contributed by atoms with van der Waals surface area (Å²) < 4.78 is 0. The van der Waals surface area contributed by atoms with Gasteiger partial charge >= 0.3 is 0 Å². The van der Waals surface area contributed by atoms with Gasteiger partial charge in [0.1, 0.15) is 6.07 Å². The summed E-state index contributed by atoms with van der Waals surface area (Å²) in [7, 11) is 3.43. The molecule has 0 bridgehead atoms. The molecule has 0 aromatic heterocycles. The molecule has 1 rings (SSSR count). The number of nitriles is 1. The third kappa shape index (κ3) is 3.38. The molecule has 0 aliphatic rings. The highest BCUT2D eigenvalue weighted by atomic mass is 16.2. The second kappa shape index (κ2) is 5.75. The van der Waals surface area contributed by atoms with Gasteiger partial charge in [0.25, 0.3) is 0 Å². The predicted octanol–water partition coefficient (Wildman–Crippen LogP) is 1.03. The number of para-hydroxylation sites is 1. The van der Waals surface area contributed by atoms with Crippen molar-refractivity contribution in [1.82, 2.24) is 4.90 Å². The van der Waals surface area contributed by atoms with E-state index in [-0.39, 0.29) is 5.91 Å². The molecular weight excluding hydrogens is 216 g/mol. The lowest BCUT2D eigenvalue weighted by Gasteiger charge is -2.12. The number of nitrogen functional groups attached to an aromatic ring is 1. The van der Waals surface area contributed by atoms with Crippen LogP contribution in [0.4, 0.5) is 11.4 Å². The molecule has 1 aromatic carbocycles. The van der Waals surface area contributed by atoms with Crippen molar-refractivity contribution in [2.24, 2.45) is 0 Å². The van der Waals surface area contributed by atoms with Crippen molar-refractivity contribution in [3.63, 3.8) is 0 Å². The smallest absolute Gasteiger partial charge is 0.223 e. The van der Waals surface area contributed by atoms with Gasteiger partial charge in [0.05, 0.1) is 16.9 Å². The highest BCUT2D eigenvalue weighted by Gasteiger charge is 2.06. The first-order chi connectivity index (χ1) is 8.06. The summed E-state index contributed by atoms with van der Waals surface area (Å²) in [6, 6.07) is 7.21. The molecule has 0 aliphatic carbocycles. The lowest BCUT2D eigenvalue weighted by Crippen LogP contribution is -2.24. The Kier molecular flexibility index (Phi) is 4.35. The summed E-state index contributed by atoms with van der Waals surface area (Å²) in [5.74, 6) is 0.0486. The molecule has 0 unspecified atom stereocenters. The molecule has 0 saturated heterocycles. The fourth-order valence-electron chi connectivity index (χ4n) is 1.34. The van der Waals surface area contributed by atoms with Crippen molar-refractivity contribution < 1.29 is 4.79 Å². The van der Waals surface area contributed by atoms with Gasteiger partial charge in [-0.2, -0.15) is 5.26 Å². The van der Waals surface area contributed by atoms with Crippen LogP contribution in [0.15, 0.2) is 18.2 Å². The van der Waals surface area contributed by atoms with Crippen molar-refractivity contribution in [3.05, 3.63) is 23.8 Å². The van der Waals surface area contributed by atoms with Crippen molar-refractivity contribution in [2.75, 3.05) is 31.7 Å². The number of nitrogens with two attached hydrogens (primary N) is 1. The zero-order valence-electron chi connectivity index (χ0n) is 10.0. The van der Waals surface area contributed by atoms with Gasteiger partial charge in [-0.3, -0.25) is 4.79 Å². The molecule has 0 spiro atoms. The van der Waals surface area contributed by atoms with Gasteiger partial charge < -0.3 is 16.0 Å². The fourth-order valence-corrected chi connectivity index (χ4v) is 1.34. The van der Waals surface area contributed by atoms with E-state index in [0.717, 1.165) is 0 Å². The van der Waals surface area contributed by atoms with E-state index in [9.17, 15) is 4.79 Å². The molecule has 0 heterocycles. The summed E-state index contributed by atoms with van der Waals surface area (Å²) in [5.41, 5.74) is 7.34. The van der Waals surface area contributed by atoms with Crippen LogP contribution in [0, 0.1) is 11.3 Å². The van der Waals surface area contributed by atoms with Gasteiger partial charge in [0.2, 0.25) is 5.91 Å². The number of hydrogen-bond donors (Lipinski definition) is 2. The second-order valence-corrected chi connectivity index (χ2v) is 3.84. The summed E-state index contributed by atoms with van der Waals surface area (Å²) in [6.07, 6.45) is 0.392. The summed E-state index contributed by atoms with van der Waals surface area (Å²) in [5, 5.41) is 11.9. The number of nitrogens with one attached hydrogen (secondary N) is 1. The number of benzene rings is 1. The molecule has 0 atom stereocenters. The van der Waals surface area contributed by atoms with Crippen molar-refractivity contribution in [3.8, 4) is 6.07 Å². The minimum Gasteiger partial charge on any atom is -0.396 e. The number of amides is 1. The van der Waals surface area contributed by atoms with Crippen LogP contribution in [-0.2, 0) is 4.79 Å². The Bertz CT molecular complexity index is 448. The standard InChI is InChI=1S/C12H16N4O/c1-16(2)11(17)6-7-15-10-5-3-4-9(8-13)12(10)14/h3-5,15H,6-7,14H2,1-2H3. The lowest BCUT2D eigenvalue weighted by molar-refractivity contribution is -0.128. The minimum atomic E-state index is 0.0486. The SMILES string of the molecule is CN(C)C(=O)CCNc1cccc(C#N)c1N. The normalized spacial score (nSPS) is 9.47. The molecule has 90 valence electrons. The molecular formula is C12H16N4O. The second-order valence-electron chi connectivity index (χ2n) is 3.84. The first-order valence-corrected chi connectivity index (χ1v) is 5.29. The molecule has 1 aromatic rings. The van der Waals surface area contributed by atoms with E-state index < -0.39 is 0 Å². The van der Waals surface area contributed by atoms with E-state index in [0.29, 0.717) is 29.9 Å². The van der Waals surface area contributed by atoms with Crippen molar-refractivity contribution in [2.45, 2.75) is 6.42 Å². The number of carbonyl (C=O) groups is 1. The number of nitrogens with zero attached hydrogens (tertiary/aromatic N) is 2. The molecule has 0 saturated carbocycles. The van der Waals surface area contributed by atoms with Crippen LogP contribution >= 0.6 is 0 Å². The average Bonchev–Trinajstić information content (AvgIpc) is 2.31. The highest BCUT2D eigenvalue weighted by molar-refractivity contribution is 5.77. The van der Waals surface area contributed by atoms with Gasteiger partial charge in [-0.15, -0.1) is 0 Å². The van der Waals surface area contributed by atoms with Crippen molar-refractivity contribution in [1.29, 1.82) is 5.26 Å². The third-order valence-corrected chi connectivity index (χ3v) is 2.38. The van der Waals surface area contributed by atoms with Crippen LogP contribution in [0.1, 0.15) is 12.0 Å². The van der Waals surface area contributed by atoms with Crippen LogP contribution in [-0.4, -0.2) is 31.4 Å². The number of carbonyl (C=O) groups excluding carboxylic acids is 1. The first-order valence-electron chi connectivity index (χ1n) is 5.29. The van der Waals surface area contributed by atoms with Crippen LogP contribution in [0.25, 0.3) is 0 Å². The summed E-state index contributed by atoms with van der Waals surface area (Å²) >= 11 is 0. The van der Waals surface area contributed by atoms with Crippen LogP contribution < -0.4 is 11.1 Å². The maximum atomic E-state index is 11.3. The fraction of sp³-hybridized carbons (Fsp3) is 0.333. The maximum absolute atomic E-state index is 11.3. The molecule has 5 heteroatoms. The van der Waals surface area contributed by atoms with E-state index in [4.69, 9.17) is 11.0 Å². The van der Waals surface area contributed by atoms with E-state index in [1.54, 1.807) is 32.3 Å². The van der Waals surface area contributed by atoms with Gasteiger partial charge in [-0.25, -0.2) is 0 Å². The Morgan fingerprint density at radius 2 is 2.24 bits per heavy atom. The average molecular weight is 232 g/mol. The zero-order valence-corrected chi connectivity index (χ0v) is 10.0. The monoisotopic (exact) mass is 232 g/mol. The summed E-state index contributed by atoms with van der Waals surface area (Å²) in [4.78, 5) is 12.9. The molecule has 0 aliphatic heterocycles. The highest BCUT2D eigenvalue weighted by Crippen LogP contribution is 2.21. The quantitative estimate of drug-likeness (QED) is 0.760. The van der Waals surface area contributed by atoms with E-state index in [2.05, 4.69) is 5.32 Å². The van der Waals surface area contributed by atoms with Gasteiger partial charge in [0.15, 0.2) is 0 Å². The van der Waals surface area contributed by atoms with Crippen LogP contribution in [0.2, 0.25) is 0 Å². The first kappa shape index (κ1) is 12.8. The third-order valence-electron chi connectivity index (χ3n) is 2.38. The van der Waals surface area contributed by atoms with Gasteiger partial charge in [-0.1, -0.05) is 6.07 Å². The Balaban J connectivity index is 2.59. The molecule has 3 N–H and O–H groups in total. The van der Waals surface area contributed by atoms with E-state index >= 15 is 0 Å². The Morgan fingerprint density at radius 1 is 1.53 bits per heavy atom. The molecule has 1 amide bonds. The van der Waals surface area contributed by atoms with Crippen LogP contribution in [0.3, 0.4) is 0 Å². The molecule has 0 fully saturated rings. The molecule has 17 heavy (non-hydrogen) atoms. The largest absolute Gasteiger partial charge is 0.396 e.